The third-order valence-electron chi connectivity index (χ3n) is 2.20. The molecular formula is C9H16NOS+. The lowest BCUT2D eigenvalue weighted by atomic mass is 10.3. The lowest BCUT2D eigenvalue weighted by Gasteiger charge is -2.34. The molecule has 0 bridgehead atoms. The van der Waals surface area contributed by atoms with Crippen LogP contribution in [0.5, 0.6) is 0 Å². The van der Waals surface area contributed by atoms with Crippen molar-refractivity contribution < 1.29 is 8.63 Å². The number of terminal acetylenes is 1. The van der Waals surface area contributed by atoms with Gasteiger partial charge in [-0.1, -0.05) is 0 Å². The van der Waals surface area contributed by atoms with Crippen LogP contribution in [0.1, 0.15) is 12.8 Å². The van der Waals surface area contributed by atoms with Crippen LogP contribution >= 0.6 is 12.8 Å². The molecule has 0 aromatic carbocycles. The number of nitrogens with zero attached hydrogens (tertiary/aromatic N) is 1. The van der Waals surface area contributed by atoms with Gasteiger partial charge in [0.25, 0.3) is 0 Å². The number of rotatable bonds is 3. The summed E-state index contributed by atoms with van der Waals surface area (Å²) in [6.45, 7) is 4.75. The summed E-state index contributed by atoms with van der Waals surface area (Å²) in [5.74, 6) is 2.65. The zero-order chi connectivity index (χ0) is 8.86. The van der Waals surface area contributed by atoms with Crippen LogP contribution in [0.25, 0.3) is 0 Å². The van der Waals surface area contributed by atoms with Crippen LogP contribution in [0, 0.1) is 12.3 Å². The average Bonchev–Trinajstić information content (AvgIpc) is 2.06. The van der Waals surface area contributed by atoms with E-state index in [-0.39, 0.29) is 0 Å². The molecule has 12 heavy (non-hydrogen) atoms. The summed E-state index contributed by atoms with van der Waals surface area (Å²) in [6, 6.07) is 0. The highest BCUT2D eigenvalue weighted by Gasteiger charge is 2.25. The number of thiol groups is 1. The zero-order valence-corrected chi connectivity index (χ0v) is 8.22. The van der Waals surface area contributed by atoms with E-state index in [1.165, 1.54) is 0 Å². The predicted molar refractivity (Wildman–Crippen MR) is 52.7 cm³/mol. The van der Waals surface area contributed by atoms with Gasteiger partial charge in [0, 0.05) is 12.8 Å². The molecule has 0 unspecified atom stereocenters. The van der Waals surface area contributed by atoms with Crippen molar-refractivity contribution in [1.29, 1.82) is 0 Å². The highest BCUT2D eigenvalue weighted by molar-refractivity contribution is 7.74. The first-order chi connectivity index (χ1) is 5.77. The lowest BCUT2D eigenvalue weighted by molar-refractivity contribution is -0.802. The number of hydrogen-bond acceptors (Lipinski definition) is 2. The van der Waals surface area contributed by atoms with Gasteiger partial charge in [-0.3, -0.25) is 3.89 Å². The van der Waals surface area contributed by atoms with Crippen LogP contribution in [-0.2, 0) is 4.74 Å². The Hall–Kier alpha value is -0.170. The van der Waals surface area contributed by atoms with Crippen LogP contribution in [0.15, 0.2) is 0 Å². The minimum Gasteiger partial charge on any atom is -0.370 e. The lowest BCUT2D eigenvalue weighted by Crippen LogP contribution is -2.48. The van der Waals surface area contributed by atoms with Crippen LogP contribution < -0.4 is 0 Å². The van der Waals surface area contributed by atoms with Gasteiger partial charge in [0.2, 0.25) is 0 Å². The third-order valence-corrected chi connectivity index (χ3v) is 2.80. The Morgan fingerprint density at radius 2 is 2.08 bits per heavy atom. The van der Waals surface area contributed by atoms with Gasteiger partial charge in [0.15, 0.2) is 0 Å². The Morgan fingerprint density at radius 3 is 2.67 bits per heavy atom. The number of morpholine rings is 1. The molecule has 0 aromatic rings. The van der Waals surface area contributed by atoms with E-state index < -0.39 is 0 Å². The minimum atomic E-state index is 0.833. The zero-order valence-electron chi connectivity index (χ0n) is 7.33. The molecule has 1 saturated heterocycles. The van der Waals surface area contributed by atoms with Gasteiger partial charge in [0.1, 0.15) is 13.1 Å². The molecule has 0 atom stereocenters. The van der Waals surface area contributed by atoms with Crippen molar-refractivity contribution in [3.8, 4) is 12.3 Å². The Morgan fingerprint density at radius 1 is 1.42 bits per heavy atom. The first-order valence-corrected chi connectivity index (χ1v) is 4.77. The molecule has 0 N–H and O–H groups in total. The largest absolute Gasteiger partial charge is 0.370 e. The van der Waals surface area contributed by atoms with Gasteiger partial charge in [-0.2, -0.15) is 0 Å². The standard InChI is InChI=1S/C9H16NOS/c1-2-3-4-5-10(12)6-8-11-9-7-10/h1,12H,3-9H2/q+1. The SMILES string of the molecule is C#CCCC[N+]1(S)CCOCC1. The van der Waals surface area contributed by atoms with Gasteiger partial charge in [-0.25, -0.2) is 0 Å². The molecule has 3 heteroatoms. The number of unbranched alkanes of at least 4 members (excludes halogenated alkanes) is 1. The Bertz CT molecular complexity index is 170. The maximum Gasteiger partial charge on any atom is 0.113 e. The molecular weight excluding hydrogens is 170 g/mol. The average molecular weight is 186 g/mol. The first-order valence-electron chi connectivity index (χ1n) is 4.37. The number of hydrogen-bond donors (Lipinski definition) is 1. The summed E-state index contributed by atoms with van der Waals surface area (Å²) in [5.41, 5.74) is 0. The summed E-state index contributed by atoms with van der Waals surface area (Å²) < 4.78 is 6.10. The number of quaternary nitrogens is 1. The van der Waals surface area contributed by atoms with E-state index in [1.807, 2.05) is 0 Å². The molecule has 1 fully saturated rings. The quantitative estimate of drug-likeness (QED) is 0.300. The highest BCUT2D eigenvalue weighted by atomic mass is 32.1. The van der Waals surface area contributed by atoms with Gasteiger partial charge in [-0.05, 0) is 0 Å². The summed E-state index contributed by atoms with van der Waals surface area (Å²) in [7, 11) is 0. The van der Waals surface area contributed by atoms with Gasteiger partial charge < -0.3 is 4.74 Å². The van der Waals surface area contributed by atoms with E-state index in [0.717, 1.165) is 49.6 Å². The summed E-state index contributed by atoms with van der Waals surface area (Å²) in [4.78, 5) is 0. The Labute approximate surface area is 80.0 Å². The summed E-state index contributed by atoms with van der Waals surface area (Å²) >= 11 is 4.61. The Kier molecular flexibility index (Phi) is 3.93. The molecule has 0 aromatic heterocycles. The molecule has 1 heterocycles. The first kappa shape index (κ1) is 9.91. The smallest absolute Gasteiger partial charge is 0.113 e. The summed E-state index contributed by atoms with van der Waals surface area (Å²) in [6.07, 6.45) is 7.11. The molecule has 0 amide bonds. The maximum absolute atomic E-state index is 5.27. The fourth-order valence-corrected chi connectivity index (χ4v) is 1.69. The van der Waals surface area contributed by atoms with E-state index in [2.05, 4.69) is 18.7 Å². The van der Waals surface area contributed by atoms with E-state index in [4.69, 9.17) is 11.2 Å². The molecule has 2 nitrogen and oxygen atoms in total. The minimum absolute atomic E-state index is 0.833. The van der Waals surface area contributed by atoms with Crippen LogP contribution in [0.4, 0.5) is 0 Å². The molecule has 1 aliphatic rings. The van der Waals surface area contributed by atoms with Crippen LogP contribution in [0.2, 0.25) is 0 Å². The fraction of sp³-hybridized carbons (Fsp3) is 0.778. The second kappa shape index (κ2) is 4.76. The molecule has 1 aliphatic heterocycles. The van der Waals surface area contributed by atoms with Crippen molar-refractivity contribution in [2.75, 3.05) is 32.8 Å². The monoisotopic (exact) mass is 186 g/mol. The molecule has 0 aliphatic carbocycles. The predicted octanol–water partition coefficient (Wildman–Crippen LogP) is 1.09. The van der Waals surface area contributed by atoms with E-state index in [9.17, 15) is 0 Å². The van der Waals surface area contributed by atoms with Crippen molar-refractivity contribution in [2.24, 2.45) is 0 Å². The van der Waals surface area contributed by atoms with Crippen molar-refractivity contribution >= 4 is 12.8 Å². The second-order valence-electron chi connectivity index (χ2n) is 3.19. The van der Waals surface area contributed by atoms with Crippen molar-refractivity contribution in [3.05, 3.63) is 0 Å². The molecule has 1 rings (SSSR count). The fourth-order valence-electron chi connectivity index (χ4n) is 1.38. The molecule has 0 saturated carbocycles. The second-order valence-corrected chi connectivity index (χ2v) is 4.03. The van der Waals surface area contributed by atoms with Gasteiger partial charge in [-0.15, -0.1) is 12.3 Å². The van der Waals surface area contributed by atoms with E-state index >= 15 is 0 Å². The maximum atomic E-state index is 5.27. The molecule has 68 valence electrons. The van der Waals surface area contributed by atoms with Crippen molar-refractivity contribution in [2.45, 2.75) is 12.8 Å². The van der Waals surface area contributed by atoms with E-state index in [1.54, 1.807) is 0 Å². The van der Waals surface area contributed by atoms with E-state index in [0.29, 0.717) is 0 Å². The van der Waals surface area contributed by atoms with Gasteiger partial charge in [0.05, 0.1) is 32.6 Å². The third kappa shape index (κ3) is 3.06. The normalized spacial score (nSPS) is 21.7. The molecule has 0 radical (unpaired) electrons. The van der Waals surface area contributed by atoms with Gasteiger partial charge >= 0.3 is 0 Å². The van der Waals surface area contributed by atoms with Crippen molar-refractivity contribution in [3.63, 3.8) is 0 Å². The van der Waals surface area contributed by atoms with Crippen LogP contribution in [-0.4, -0.2) is 36.7 Å². The van der Waals surface area contributed by atoms with Crippen LogP contribution in [0.3, 0.4) is 0 Å². The molecule has 0 spiro atoms. The number of ether oxygens (including phenoxy) is 1. The Balaban J connectivity index is 2.23. The summed E-state index contributed by atoms with van der Waals surface area (Å²) in [5, 5.41) is 0. The topological polar surface area (TPSA) is 9.23 Å². The van der Waals surface area contributed by atoms with Crippen molar-refractivity contribution in [1.82, 2.24) is 0 Å². The highest BCUT2D eigenvalue weighted by Crippen LogP contribution is 2.16.